The first kappa shape index (κ1) is 12.6. The van der Waals surface area contributed by atoms with E-state index >= 15 is 0 Å². The molecular formula is C9H13FN2O4. The lowest BCUT2D eigenvalue weighted by molar-refractivity contribution is -0.132. The van der Waals surface area contributed by atoms with E-state index in [1.54, 1.807) is 0 Å². The molecule has 6 nitrogen and oxygen atoms in total. The Hall–Kier alpha value is -1.50. The molecule has 0 aromatic rings. The molecule has 2 amide bonds. The van der Waals surface area contributed by atoms with E-state index < -0.39 is 37.1 Å². The first-order valence-corrected chi connectivity index (χ1v) is 4.83. The number of β-amino-alcohol motifs (C(OH)–C–C–N with tert-alkyl or cyclic N) is 1. The molecule has 1 rings (SSSR count). The summed E-state index contributed by atoms with van der Waals surface area (Å²) in [5, 5.41) is 11.5. The minimum Gasteiger partial charge on any atom is -0.391 e. The van der Waals surface area contributed by atoms with Crippen LogP contribution in [-0.4, -0.2) is 60.0 Å². The smallest absolute Gasteiger partial charge is 0.243 e. The monoisotopic (exact) mass is 232 g/mol. The second kappa shape index (κ2) is 5.55. The quantitative estimate of drug-likeness (QED) is 0.549. The molecule has 0 aliphatic carbocycles. The van der Waals surface area contributed by atoms with Crippen molar-refractivity contribution in [3.8, 4) is 0 Å². The number of carbonyl (C=O) groups is 3. The van der Waals surface area contributed by atoms with Gasteiger partial charge in [-0.2, -0.15) is 0 Å². The molecule has 2 N–H and O–H groups in total. The Kier molecular flexibility index (Phi) is 4.36. The summed E-state index contributed by atoms with van der Waals surface area (Å²) in [7, 11) is 0. The number of Topliss-reactive ketones (excluding diaryl/α,β-unsaturated/α-hetero) is 1. The molecule has 0 radical (unpaired) electrons. The maximum absolute atomic E-state index is 11.8. The fourth-order valence-electron chi connectivity index (χ4n) is 1.56. The predicted octanol–water partition coefficient (Wildman–Crippen LogP) is -1.77. The van der Waals surface area contributed by atoms with Crippen LogP contribution in [0, 0.1) is 0 Å². The number of nitrogens with one attached hydrogen (secondary N) is 1. The highest BCUT2D eigenvalue weighted by Crippen LogP contribution is 2.15. The van der Waals surface area contributed by atoms with Crippen LogP contribution in [0.3, 0.4) is 0 Å². The number of likely N-dealkylation sites (tertiary alicyclic amines) is 1. The number of hydrogen-bond donors (Lipinski definition) is 2. The highest BCUT2D eigenvalue weighted by Gasteiger charge is 2.34. The van der Waals surface area contributed by atoms with Gasteiger partial charge in [-0.25, -0.2) is 4.39 Å². The molecular weight excluding hydrogens is 219 g/mol. The molecule has 7 heteroatoms. The van der Waals surface area contributed by atoms with E-state index in [-0.39, 0.29) is 13.0 Å². The van der Waals surface area contributed by atoms with Crippen LogP contribution < -0.4 is 5.32 Å². The SMILES string of the molecule is O=CN1CC(O)CC1C(=O)NCC(=O)CF. The Bertz CT molecular complexity index is 297. The van der Waals surface area contributed by atoms with Gasteiger partial charge >= 0.3 is 0 Å². The van der Waals surface area contributed by atoms with E-state index in [9.17, 15) is 23.9 Å². The molecule has 16 heavy (non-hydrogen) atoms. The Balaban J connectivity index is 2.47. The van der Waals surface area contributed by atoms with E-state index in [1.807, 2.05) is 0 Å². The Morgan fingerprint density at radius 3 is 2.81 bits per heavy atom. The van der Waals surface area contributed by atoms with Gasteiger partial charge in [-0.3, -0.25) is 14.4 Å². The highest BCUT2D eigenvalue weighted by atomic mass is 19.1. The number of amides is 2. The van der Waals surface area contributed by atoms with Gasteiger partial charge < -0.3 is 15.3 Å². The number of hydrogen-bond acceptors (Lipinski definition) is 4. The van der Waals surface area contributed by atoms with Crippen molar-refractivity contribution in [2.75, 3.05) is 19.8 Å². The predicted molar refractivity (Wildman–Crippen MR) is 51.2 cm³/mol. The molecule has 0 bridgehead atoms. The molecule has 2 unspecified atom stereocenters. The molecule has 0 aromatic carbocycles. The van der Waals surface area contributed by atoms with Gasteiger partial charge in [0.05, 0.1) is 12.6 Å². The topological polar surface area (TPSA) is 86.7 Å². The fourth-order valence-corrected chi connectivity index (χ4v) is 1.56. The summed E-state index contributed by atoms with van der Waals surface area (Å²) < 4.78 is 11.8. The minimum absolute atomic E-state index is 0.0959. The second-order valence-electron chi connectivity index (χ2n) is 3.60. The lowest BCUT2D eigenvalue weighted by Gasteiger charge is -2.18. The molecule has 0 spiro atoms. The van der Waals surface area contributed by atoms with Crippen molar-refractivity contribution in [3.63, 3.8) is 0 Å². The molecule has 1 aliphatic rings. The zero-order chi connectivity index (χ0) is 12.1. The molecule has 1 heterocycles. The third kappa shape index (κ3) is 2.99. The van der Waals surface area contributed by atoms with Crippen molar-refractivity contribution in [1.82, 2.24) is 10.2 Å². The van der Waals surface area contributed by atoms with Crippen molar-refractivity contribution in [2.45, 2.75) is 18.6 Å². The number of nitrogens with zero attached hydrogens (tertiary/aromatic N) is 1. The average Bonchev–Trinajstić information content (AvgIpc) is 2.66. The summed E-state index contributed by atoms with van der Waals surface area (Å²) in [4.78, 5) is 33.8. The lowest BCUT2D eigenvalue weighted by Crippen LogP contribution is -2.44. The van der Waals surface area contributed by atoms with Gasteiger partial charge in [0.2, 0.25) is 12.3 Å². The Labute approximate surface area is 91.4 Å². The van der Waals surface area contributed by atoms with Gasteiger partial charge in [-0.05, 0) is 0 Å². The van der Waals surface area contributed by atoms with Crippen LogP contribution in [0.15, 0.2) is 0 Å². The molecule has 1 saturated heterocycles. The van der Waals surface area contributed by atoms with E-state index in [1.165, 1.54) is 0 Å². The summed E-state index contributed by atoms with van der Waals surface area (Å²) in [6, 6.07) is -0.778. The third-order valence-electron chi connectivity index (χ3n) is 2.36. The Morgan fingerprint density at radius 2 is 2.25 bits per heavy atom. The summed E-state index contributed by atoms with van der Waals surface area (Å²) in [6.07, 6.45) is -0.135. The maximum Gasteiger partial charge on any atom is 0.243 e. The standard InChI is InChI=1S/C9H13FN2O4/c10-2-7(15)3-11-9(16)8-1-6(14)4-12(8)5-13/h5-6,8,14H,1-4H2,(H,11,16). The number of ketones is 1. The van der Waals surface area contributed by atoms with Gasteiger partial charge in [0.15, 0.2) is 5.78 Å². The molecule has 2 atom stereocenters. The fraction of sp³-hybridized carbons (Fsp3) is 0.667. The lowest BCUT2D eigenvalue weighted by atomic mass is 10.2. The minimum atomic E-state index is -1.13. The number of alkyl halides is 1. The Morgan fingerprint density at radius 1 is 1.56 bits per heavy atom. The van der Waals surface area contributed by atoms with Crippen LogP contribution in [0.1, 0.15) is 6.42 Å². The molecule has 1 fully saturated rings. The number of aliphatic hydroxyl groups excluding tert-OH is 1. The number of rotatable bonds is 5. The summed E-state index contributed by atoms with van der Waals surface area (Å²) in [5.74, 6) is -1.28. The van der Waals surface area contributed by atoms with E-state index in [4.69, 9.17) is 0 Å². The first-order chi connectivity index (χ1) is 7.58. The largest absolute Gasteiger partial charge is 0.391 e. The van der Waals surface area contributed by atoms with Crippen molar-refractivity contribution in [1.29, 1.82) is 0 Å². The van der Waals surface area contributed by atoms with Gasteiger partial charge in [0.1, 0.15) is 12.7 Å². The average molecular weight is 232 g/mol. The van der Waals surface area contributed by atoms with Crippen molar-refractivity contribution in [2.24, 2.45) is 0 Å². The third-order valence-corrected chi connectivity index (χ3v) is 2.36. The molecule has 1 aliphatic heterocycles. The highest BCUT2D eigenvalue weighted by molar-refractivity contribution is 5.89. The van der Waals surface area contributed by atoms with Crippen LogP contribution in [-0.2, 0) is 14.4 Å². The first-order valence-electron chi connectivity index (χ1n) is 4.83. The van der Waals surface area contributed by atoms with Crippen LogP contribution in [0.5, 0.6) is 0 Å². The zero-order valence-electron chi connectivity index (χ0n) is 8.56. The van der Waals surface area contributed by atoms with Crippen molar-refractivity contribution >= 4 is 18.1 Å². The zero-order valence-corrected chi connectivity index (χ0v) is 8.56. The summed E-state index contributed by atoms with van der Waals surface area (Å²) in [6.45, 7) is -1.43. The number of aliphatic hydroxyl groups is 1. The molecule has 0 saturated carbocycles. The number of carbonyl (C=O) groups excluding carboxylic acids is 3. The van der Waals surface area contributed by atoms with Crippen LogP contribution in [0.25, 0.3) is 0 Å². The number of halogens is 1. The normalized spacial score (nSPS) is 24.2. The maximum atomic E-state index is 11.8. The van der Waals surface area contributed by atoms with E-state index in [0.29, 0.717) is 6.41 Å². The van der Waals surface area contributed by atoms with E-state index in [2.05, 4.69) is 5.32 Å². The van der Waals surface area contributed by atoms with Crippen LogP contribution in [0.2, 0.25) is 0 Å². The van der Waals surface area contributed by atoms with Crippen molar-refractivity contribution < 1.29 is 23.9 Å². The summed E-state index contributed by atoms with van der Waals surface area (Å²) >= 11 is 0. The van der Waals surface area contributed by atoms with Gasteiger partial charge in [0, 0.05) is 13.0 Å². The van der Waals surface area contributed by atoms with Gasteiger partial charge in [0.25, 0.3) is 0 Å². The summed E-state index contributed by atoms with van der Waals surface area (Å²) in [5.41, 5.74) is 0. The van der Waals surface area contributed by atoms with Gasteiger partial charge in [-0.1, -0.05) is 0 Å². The van der Waals surface area contributed by atoms with Gasteiger partial charge in [-0.15, -0.1) is 0 Å². The van der Waals surface area contributed by atoms with Crippen LogP contribution >= 0.6 is 0 Å². The molecule has 0 aromatic heterocycles. The van der Waals surface area contributed by atoms with Crippen LogP contribution in [0.4, 0.5) is 4.39 Å². The van der Waals surface area contributed by atoms with E-state index in [0.717, 1.165) is 4.90 Å². The second-order valence-corrected chi connectivity index (χ2v) is 3.60. The molecule has 90 valence electrons. The van der Waals surface area contributed by atoms with Crippen molar-refractivity contribution in [3.05, 3.63) is 0 Å².